The predicted molar refractivity (Wildman–Crippen MR) is 117 cm³/mol. The molecule has 164 valence electrons. The van der Waals surface area contributed by atoms with Gasteiger partial charge in [0.15, 0.2) is 12.4 Å². The number of ether oxygens (including phenoxy) is 1. The first-order valence-corrected chi connectivity index (χ1v) is 10.2. The average molecular weight is 424 g/mol. The summed E-state index contributed by atoms with van der Waals surface area (Å²) in [7, 11) is 0. The Bertz CT molecular complexity index is 907. The summed E-state index contributed by atoms with van der Waals surface area (Å²) in [6.07, 6.45) is 0.330. The van der Waals surface area contributed by atoms with Crippen LogP contribution in [0.5, 0.6) is 0 Å². The molecule has 7 heteroatoms. The first-order valence-electron chi connectivity index (χ1n) is 10.2. The first kappa shape index (κ1) is 23.8. The molecule has 0 bridgehead atoms. The SMILES string of the molecule is CC(=O)N[C@@H](CC(=O)OCC(=O)c1ccc(NC(=O)CC(C)C)cc1)c1ccccc1. The summed E-state index contributed by atoms with van der Waals surface area (Å²) < 4.78 is 5.12. The fourth-order valence-electron chi connectivity index (χ4n) is 2.96. The van der Waals surface area contributed by atoms with Crippen LogP contribution in [0.3, 0.4) is 0 Å². The molecule has 0 radical (unpaired) electrons. The van der Waals surface area contributed by atoms with Crippen molar-refractivity contribution in [2.24, 2.45) is 5.92 Å². The molecular weight excluding hydrogens is 396 g/mol. The Labute approximate surface area is 182 Å². The van der Waals surface area contributed by atoms with E-state index in [1.165, 1.54) is 6.92 Å². The Balaban J connectivity index is 1.88. The van der Waals surface area contributed by atoms with Gasteiger partial charge in [-0.15, -0.1) is 0 Å². The van der Waals surface area contributed by atoms with E-state index in [2.05, 4.69) is 10.6 Å². The van der Waals surface area contributed by atoms with Crippen molar-refractivity contribution in [3.05, 3.63) is 65.7 Å². The van der Waals surface area contributed by atoms with Crippen molar-refractivity contribution in [1.29, 1.82) is 0 Å². The minimum absolute atomic E-state index is 0.0856. The summed E-state index contributed by atoms with van der Waals surface area (Å²) in [6.45, 7) is 4.89. The molecule has 2 aromatic rings. The molecule has 0 aliphatic heterocycles. The molecule has 2 rings (SSSR count). The van der Waals surface area contributed by atoms with E-state index >= 15 is 0 Å². The summed E-state index contributed by atoms with van der Waals surface area (Å²) in [5.41, 5.74) is 1.74. The van der Waals surface area contributed by atoms with Gasteiger partial charge in [0.05, 0.1) is 12.5 Å². The molecule has 0 aliphatic rings. The molecular formula is C24H28N2O5. The van der Waals surface area contributed by atoms with Crippen LogP contribution in [-0.2, 0) is 19.1 Å². The van der Waals surface area contributed by atoms with Crippen LogP contribution in [0.1, 0.15) is 55.6 Å². The molecule has 2 amide bonds. The number of carbonyl (C=O) groups is 4. The third-order valence-corrected chi connectivity index (χ3v) is 4.40. The molecule has 0 fully saturated rings. The number of hydrogen-bond acceptors (Lipinski definition) is 5. The van der Waals surface area contributed by atoms with Crippen LogP contribution in [-0.4, -0.2) is 30.2 Å². The Morgan fingerprint density at radius 2 is 1.55 bits per heavy atom. The van der Waals surface area contributed by atoms with Crippen LogP contribution in [0.4, 0.5) is 5.69 Å². The lowest BCUT2D eigenvalue weighted by molar-refractivity contribution is -0.143. The number of Topliss-reactive ketones (excluding diaryl/α,β-unsaturated/α-hetero) is 1. The van der Waals surface area contributed by atoms with Gasteiger partial charge in [0.2, 0.25) is 11.8 Å². The third-order valence-electron chi connectivity index (χ3n) is 4.40. The molecule has 0 heterocycles. The smallest absolute Gasteiger partial charge is 0.308 e. The van der Waals surface area contributed by atoms with Crippen LogP contribution < -0.4 is 10.6 Å². The third kappa shape index (κ3) is 8.42. The Morgan fingerprint density at radius 3 is 2.13 bits per heavy atom. The van der Waals surface area contributed by atoms with Crippen LogP contribution in [0.2, 0.25) is 0 Å². The largest absolute Gasteiger partial charge is 0.457 e. The first-order chi connectivity index (χ1) is 14.7. The van der Waals surface area contributed by atoms with E-state index in [9.17, 15) is 19.2 Å². The lowest BCUT2D eigenvalue weighted by atomic mass is 10.0. The minimum atomic E-state index is -0.589. The van der Waals surface area contributed by atoms with Crippen molar-refractivity contribution in [1.82, 2.24) is 5.32 Å². The zero-order chi connectivity index (χ0) is 22.8. The maximum atomic E-state index is 12.3. The van der Waals surface area contributed by atoms with Gasteiger partial charge in [0.1, 0.15) is 0 Å². The predicted octanol–water partition coefficient (Wildman–Crippen LogP) is 3.66. The zero-order valence-electron chi connectivity index (χ0n) is 18.0. The van der Waals surface area contributed by atoms with E-state index in [4.69, 9.17) is 4.74 Å². The second-order valence-corrected chi connectivity index (χ2v) is 7.68. The molecule has 7 nitrogen and oxygen atoms in total. The number of amides is 2. The lowest BCUT2D eigenvalue weighted by Gasteiger charge is -2.17. The second kappa shape index (κ2) is 11.6. The van der Waals surface area contributed by atoms with Crippen LogP contribution in [0.25, 0.3) is 0 Å². The van der Waals surface area contributed by atoms with Gasteiger partial charge in [-0.05, 0) is 35.7 Å². The van der Waals surface area contributed by atoms with Gasteiger partial charge >= 0.3 is 5.97 Å². The van der Waals surface area contributed by atoms with E-state index in [1.807, 2.05) is 32.0 Å². The highest BCUT2D eigenvalue weighted by molar-refractivity contribution is 5.98. The number of anilines is 1. The van der Waals surface area contributed by atoms with Gasteiger partial charge in [-0.1, -0.05) is 44.2 Å². The van der Waals surface area contributed by atoms with Crippen LogP contribution >= 0.6 is 0 Å². The second-order valence-electron chi connectivity index (χ2n) is 7.68. The molecule has 2 aromatic carbocycles. The average Bonchev–Trinajstić information content (AvgIpc) is 2.71. The number of benzene rings is 2. The van der Waals surface area contributed by atoms with Crippen molar-refractivity contribution in [3.8, 4) is 0 Å². The summed E-state index contributed by atoms with van der Waals surface area (Å²) in [6, 6.07) is 15.0. The molecule has 0 unspecified atom stereocenters. The van der Waals surface area contributed by atoms with E-state index in [0.29, 0.717) is 17.7 Å². The minimum Gasteiger partial charge on any atom is -0.457 e. The molecule has 0 aromatic heterocycles. The highest BCUT2D eigenvalue weighted by Crippen LogP contribution is 2.17. The quantitative estimate of drug-likeness (QED) is 0.448. The number of nitrogens with one attached hydrogen (secondary N) is 2. The maximum absolute atomic E-state index is 12.3. The van der Waals surface area contributed by atoms with Crippen LogP contribution in [0.15, 0.2) is 54.6 Å². The highest BCUT2D eigenvalue weighted by Gasteiger charge is 2.19. The Kier molecular flexibility index (Phi) is 8.94. The molecule has 2 N–H and O–H groups in total. The van der Waals surface area contributed by atoms with Gasteiger partial charge in [-0.3, -0.25) is 19.2 Å². The molecule has 0 aliphatic carbocycles. The highest BCUT2D eigenvalue weighted by atomic mass is 16.5. The fourth-order valence-corrected chi connectivity index (χ4v) is 2.96. The van der Waals surface area contributed by atoms with Gasteiger partial charge in [0.25, 0.3) is 0 Å². The summed E-state index contributed by atoms with van der Waals surface area (Å²) >= 11 is 0. The van der Waals surface area contributed by atoms with Gasteiger partial charge in [-0.25, -0.2) is 0 Å². The summed E-state index contributed by atoms with van der Waals surface area (Å²) in [5.74, 6) is -1.05. The van der Waals surface area contributed by atoms with E-state index in [0.717, 1.165) is 5.56 Å². The van der Waals surface area contributed by atoms with Crippen molar-refractivity contribution >= 4 is 29.3 Å². The van der Waals surface area contributed by atoms with Gasteiger partial charge < -0.3 is 15.4 Å². The number of carbonyl (C=O) groups excluding carboxylic acids is 4. The molecule has 0 saturated heterocycles. The fraction of sp³-hybridized carbons (Fsp3) is 0.333. The Morgan fingerprint density at radius 1 is 0.903 bits per heavy atom. The van der Waals surface area contributed by atoms with Gasteiger partial charge in [0, 0.05) is 24.6 Å². The summed E-state index contributed by atoms with van der Waals surface area (Å²) in [4.78, 5) is 47.8. The number of rotatable bonds is 10. The summed E-state index contributed by atoms with van der Waals surface area (Å²) in [5, 5.41) is 5.49. The van der Waals surface area contributed by atoms with Crippen molar-refractivity contribution in [2.75, 3.05) is 11.9 Å². The molecule has 31 heavy (non-hydrogen) atoms. The number of hydrogen-bond donors (Lipinski definition) is 2. The monoisotopic (exact) mass is 424 g/mol. The topological polar surface area (TPSA) is 102 Å². The molecule has 1 atom stereocenters. The molecule has 0 spiro atoms. The standard InChI is InChI=1S/C24H28N2O5/c1-16(2)13-23(29)26-20-11-9-19(10-12-20)22(28)15-31-24(30)14-21(25-17(3)27)18-7-5-4-6-8-18/h4-12,16,21H,13-15H2,1-3H3,(H,25,27)(H,26,29)/t21-/m0/s1. The maximum Gasteiger partial charge on any atom is 0.308 e. The van der Waals surface area contributed by atoms with E-state index in [1.54, 1.807) is 36.4 Å². The molecule has 0 saturated carbocycles. The number of esters is 1. The lowest BCUT2D eigenvalue weighted by Crippen LogP contribution is -2.29. The van der Waals surface area contributed by atoms with Gasteiger partial charge in [-0.2, -0.15) is 0 Å². The van der Waals surface area contributed by atoms with E-state index < -0.39 is 18.6 Å². The van der Waals surface area contributed by atoms with Crippen molar-refractivity contribution in [3.63, 3.8) is 0 Å². The number of ketones is 1. The van der Waals surface area contributed by atoms with Crippen molar-refractivity contribution < 1.29 is 23.9 Å². The zero-order valence-corrected chi connectivity index (χ0v) is 18.0. The van der Waals surface area contributed by atoms with Crippen molar-refractivity contribution in [2.45, 2.75) is 39.7 Å². The van der Waals surface area contributed by atoms with Crippen LogP contribution in [0, 0.1) is 5.92 Å². The Hall–Kier alpha value is -3.48. The van der Waals surface area contributed by atoms with E-state index in [-0.39, 0.29) is 29.9 Å². The normalized spacial score (nSPS) is 11.5.